The van der Waals surface area contributed by atoms with Gasteiger partial charge in [0.15, 0.2) is 5.69 Å². The van der Waals surface area contributed by atoms with Crippen LogP contribution in [-0.2, 0) is 0 Å². The summed E-state index contributed by atoms with van der Waals surface area (Å²) in [5.74, 6) is 0.563. The number of pyridine rings is 1. The van der Waals surface area contributed by atoms with Crippen molar-refractivity contribution in [2.75, 3.05) is 7.11 Å². The molecule has 0 unspecified atom stereocenters. The zero-order valence-corrected chi connectivity index (χ0v) is 15.8. The smallest absolute Gasteiger partial charge is 0.274 e. The van der Waals surface area contributed by atoms with Gasteiger partial charge in [0.05, 0.1) is 12.8 Å². The number of nitrogens with zero attached hydrogens (tertiary/aromatic N) is 4. The molecule has 1 N–H and O–H groups in total. The van der Waals surface area contributed by atoms with E-state index in [1.165, 1.54) is 6.42 Å². The van der Waals surface area contributed by atoms with Crippen LogP contribution in [0.4, 0.5) is 0 Å². The summed E-state index contributed by atoms with van der Waals surface area (Å²) in [7, 11) is 1.62. The first-order chi connectivity index (χ1) is 13.8. The Labute approximate surface area is 163 Å². The van der Waals surface area contributed by atoms with Gasteiger partial charge in [0.2, 0.25) is 0 Å². The zero-order valence-electron chi connectivity index (χ0n) is 15.8. The predicted molar refractivity (Wildman–Crippen MR) is 105 cm³/mol. The molecule has 0 spiro atoms. The van der Waals surface area contributed by atoms with Gasteiger partial charge in [0.1, 0.15) is 11.4 Å². The number of aromatic nitrogens is 4. The van der Waals surface area contributed by atoms with Gasteiger partial charge in [-0.2, -0.15) is 0 Å². The van der Waals surface area contributed by atoms with E-state index >= 15 is 0 Å². The Morgan fingerprint density at radius 2 is 1.93 bits per heavy atom. The summed E-state index contributed by atoms with van der Waals surface area (Å²) in [6, 6.07) is 11.4. The molecule has 2 heterocycles. The van der Waals surface area contributed by atoms with Crippen molar-refractivity contribution in [3.8, 4) is 22.7 Å². The van der Waals surface area contributed by atoms with Crippen LogP contribution in [-0.4, -0.2) is 39.0 Å². The van der Waals surface area contributed by atoms with E-state index in [0.717, 1.165) is 42.7 Å². The van der Waals surface area contributed by atoms with Crippen LogP contribution in [0.2, 0.25) is 0 Å². The molecule has 3 aromatic rings. The maximum Gasteiger partial charge on any atom is 0.274 e. The molecule has 0 radical (unpaired) electrons. The summed E-state index contributed by atoms with van der Waals surface area (Å²) in [4.78, 5) is 17.2. The number of amides is 1. The predicted octanol–water partition coefficient (Wildman–Crippen LogP) is 3.40. The monoisotopic (exact) mass is 377 g/mol. The van der Waals surface area contributed by atoms with E-state index in [1.54, 1.807) is 24.2 Å². The third-order valence-electron chi connectivity index (χ3n) is 5.08. The van der Waals surface area contributed by atoms with E-state index in [-0.39, 0.29) is 11.9 Å². The minimum atomic E-state index is -0.189. The number of benzene rings is 1. The van der Waals surface area contributed by atoms with E-state index in [4.69, 9.17) is 4.74 Å². The van der Waals surface area contributed by atoms with Gasteiger partial charge in [-0.25, -0.2) is 4.68 Å². The average molecular weight is 377 g/mol. The normalized spacial score (nSPS) is 14.6. The van der Waals surface area contributed by atoms with Crippen LogP contribution >= 0.6 is 0 Å². The Morgan fingerprint density at radius 3 is 2.61 bits per heavy atom. The lowest BCUT2D eigenvalue weighted by Crippen LogP contribution is -2.36. The molecule has 0 saturated heterocycles. The molecule has 1 saturated carbocycles. The molecule has 4 rings (SSSR count). The Kier molecular flexibility index (Phi) is 5.32. The van der Waals surface area contributed by atoms with Crippen molar-refractivity contribution in [3.63, 3.8) is 0 Å². The Balaban J connectivity index is 1.72. The minimum absolute atomic E-state index is 0.189. The van der Waals surface area contributed by atoms with Gasteiger partial charge in [-0.15, -0.1) is 5.10 Å². The van der Waals surface area contributed by atoms with Crippen molar-refractivity contribution in [1.29, 1.82) is 0 Å². The van der Waals surface area contributed by atoms with Crippen LogP contribution in [0.3, 0.4) is 0 Å². The molecular formula is C21H23N5O2. The van der Waals surface area contributed by atoms with Crippen LogP contribution in [0.5, 0.6) is 5.75 Å². The molecular weight excluding hydrogens is 354 g/mol. The molecule has 1 aromatic carbocycles. The third-order valence-corrected chi connectivity index (χ3v) is 5.08. The molecule has 2 aromatic heterocycles. The zero-order chi connectivity index (χ0) is 19.3. The van der Waals surface area contributed by atoms with E-state index in [1.807, 2.05) is 36.4 Å². The van der Waals surface area contributed by atoms with Crippen LogP contribution < -0.4 is 10.1 Å². The Bertz CT molecular complexity index is 931. The fraction of sp³-hybridized carbons (Fsp3) is 0.333. The standard InChI is InChI=1S/C21H23N5O2/c1-28-18-11-9-17(10-12-18)26-20(15-6-5-13-22-14-15)19(24-25-26)21(27)23-16-7-3-2-4-8-16/h5-6,9-14,16H,2-4,7-8H2,1H3,(H,23,27). The van der Waals surface area contributed by atoms with Gasteiger partial charge in [0, 0.05) is 24.0 Å². The topological polar surface area (TPSA) is 81.9 Å². The van der Waals surface area contributed by atoms with Crippen LogP contribution in [0, 0.1) is 0 Å². The number of nitrogens with one attached hydrogen (secondary N) is 1. The van der Waals surface area contributed by atoms with Gasteiger partial charge in [-0.3, -0.25) is 9.78 Å². The molecule has 7 heteroatoms. The molecule has 1 aliphatic rings. The van der Waals surface area contributed by atoms with E-state index < -0.39 is 0 Å². The van der Waals surface area contributed by atoms with E-state index in [9.17, 15) is 4.79 Å². The number of methoxy groups -OCH3 is 1. The molecule has 0 aliphatic heterocycles. The second-order valence-corrected chi connectivity index (χ2v) is 6.95. The summed E-state index contributed by atoms with van der Waals surface area (Å²) < 4.78 is 6.90. The number of hydrogen-bond donors (Lipinski definition) is 1. The molecule has 0 atom stereocenters. The summed E-state index contributed by atoms with van der Waals surface area (Å²) in [6.45, 7) is 0. The van der Waals surface area contributed by atoms with Gasteiger partial charge in [-0.1, -0.05) is 24.5 Å². The highest BCUT2D eigenvalue weighted by molar-refractivity contribution is 5.98. The van der Waals surface area contributed by atoms with Crippen molar-refractivity contribution in [3.05, 3.63) is 54.5 Å². The molecule has 7 nitrogen and oxygen atoms in total. The molecule has 1 fully saturated rings. The molecule has 144 valence electrons. The lowest BCUT2D eigenvalue weighted by atomic mass is 9.95. The van der Waals surface area contributed by atoms with Gasteiger partial charge < -0.3 is 10.1 Å². The molecule has 28 heavy (non-hydrogen) atoms. The lowest BCUT2D eigenvalue weighted by Gasteiger charge is -2.22. The first-order valence-corrected chi connectivity index (χ1v) is 9.57. The van der Waals surface area contributed by atoms with Crippen LogP contribution in [0.25, 0.3) is 16.9 Å². The summed E-state index contributed by atoms with van der Waals surface area (Å²) in [6.07, 6.45) is 8.99. The number of carbonyl (C=O) groups is 1. The van der Waals surface area contributed by atoms with Gasteiger partial charge in [0.25, 0.3) is 5.91 Å². The maximum atomic E-state index is 13.0. The van der Waals surface area contributed by atoms with Crippen molar-refractivity contribution in [1.82, 2.24) is 25.3 Å². The molecule has 0 bridgehead atoms. The second-order valence-electron chi connectivity index (χ2n) is 6.95. The number of ether oxygens (including phenoxy) is 1. The first-order valence-electron chi connectivity index (χ1n) is 9.57. The SMILES string of the molecule is COc1ccc(-n2nnc(C(=O)NC3CCCCC3)c2-c2cccnc2)cc1. The molecule has 1 amide bonds. The third kappa shape index (κ3) is 3.74. The van der Waals surface area contributed by atoms with Gasteiger partial charge in [-0.05, 0) is 49.2 Å². The highest BCUT2D eigenvalue weighted by Gasteiger charge is 2.25. The largest absolute Gasteiger partial charge is 0.497 e. The first kappa shape index (κ1) is 18.2. The number of carbonyl (C=O) groups excluding carboxylic acids is 1. The highest BCUT2D eigenvalue weighted by atomic mass is 16.5. The van der Waals surface area contributed by atoms with Crippen molar-refractivity contribution in [2.45, 2.75) is 38.1 Å². The van der Waals surface area contributed by atoms with Crippen molar-refractivity contribution < 1.29 is 9.53 Å². The summed E-state index contributed by atoms with van der Waals surface area (Å²) in [5, 5.41) is 11.6. The lowest BCUT2D eigenvalue weighted by molar-refractivity contribution is 0.0923. The van der Waals surface area contributed by atoms with E-state index in [0.29, 0.717) is 11.4 Å². The fourth-order valence-electron chi connectivity index (χ4n) is 3.60. The van der Waals surface area contributed by atoms with Gasteiger partial charge >= 0.3 is 0 Å². The van der Waals surface area contributed by atoms with Crippen molar-refractivity contribution in [2.24, 2.45) is 0 Å². The number of hydrogen-bond acceptors (Lipinski definition) is 5. The minimum Gasteiger partial charge on any atom is -0.497 e. The Hall–Kier alpha value is -3.22. The summed E-state index contributed by atoms with van der Waals surface area (Å²) in [5.41, 5.74) is 2.53. The van der Waals surface area contributed by atoms with Crippen LogP contribution in [0.15, 0.2) is 48.8 Å². The fourth-order valence-corrected chi connectivity index (χ4v) is 3.60. The highest BCUT2D eigenvalue weighted by Crippen LogP contribution is 2.26. The second kappa shape index (κ2) is 8.21. The van der Waals surface area contributed by atoms with Crippen molar-refractivity contribution >= 4 is 5.91 Å². The average Bonchev–Trinajstić information content (AvgIpc) is 3.20. The van der Waals surface area contributed by atoms with E-state index in [2.05, 4.69) is 20.6 Å². The summed E-state index contributed by atoms with van der Waals surface area (Å²) >= 11 is 0. The molecule has 1 aliphatic carbocycles. The number of rotatable bonds is 5. The quantitative estimate of drug-likeness (QED) is 0.737. The Morgan fingerprint density at radius 1 is 1.14 bits per heavy atom. The maximum absolute atomic E-state index is 13.0. The van der Waals surface area contributed by atoms with Crippen LogP contribution in [0.1, 0.15) is 42.6 Å².